The van der Waals surface area contributed by atoms with E-state index in [0.29, 0.717) is 53.0 Å². The maximum atomic E-state index is 12.6. The number of thiophene rings is 1. The number of carbonyl (C=O) groups excluding carboxylic acids is 3. The minimum Gasteiger partial charge on any atom is -0.462 e. The first kappa shape index (κ1) is 41.1. The molecular formula is C34H38Cl2N6O7S2. The minimum absolute atomic E-state index is 0.0194. The Bertz CT molecular complexity index is 1960. The lowest BCUT2D eigenvalue weighted by molar-refractivity contribution is -0.123. The van der Waals surface area contributed by atoms with E-state index in [0.717, 1.165) is 11.3 Å². The van der Waals surface area contributed by atoms with Gasteiger partial charge in [-0.25, -0.2) is 32.7 Å². The number of carbonyl (C=O) groups is 3. The van der Waals surface area contributed by atoms with E-state index in [2.05, 4.69) is 20.8 Å². The summed E-state index contributed by atoms with van der Waals surface area (Å²) in [6.07, 6.45) is 0.769. The monoisotopic (exact) mass is 776 g/mol. The van der Waals surface area contributed by atoms with Crippen molar-refractivity contribution in [1.29, 1.82) is 10.5 Å². The van der Waals surface area contributed by atoms with Crippen molar-refractivity contribution in [2.75, 3.05) is 31.2 Å². The van der Waals surface area contributed by atoms with Gasteiger partial charge in [-0.05, 0) is 62.8 Å². The number of pyridine rings is 2. The molecule has 1 fully saturated rings. The molecule has 1 amide bonds. The molecular weight excluding hydrogens is 739 g/mol. The summed E-state index contributed by atoms with van der Waals surface area (Å²) in [5.74, 6) is -1.68. The molecule has 1 aliphatic rings. The molecule has 4 heterocycles. The average molecular weight is 778 g/mol. The predicted octanol–water partition coefficient (Wildman–Crippen LogP) is 6.60. The molecule has 0 radical (unpaired) electrons. The summed E-state index contributed by atoms with van der Waals surface area (Å²) in [7, 11) is -3.98. The second-order valence-electron chi connectivity index (χ2n) is 11.8. The first-order valence-electron chi connectivity index (χ1n) is 16.0. The third kappa shape index (κ3) is 10.4. The summed E-state index contributed by atoms with van der Waals surface area (Å²) < 4.78 is 37.3. The Kier molecular flexibility index (Phi) is 14.7. The van der Waals surface area contributed by atoms with Crippen LogP contribution in [0.5, 0.6) is 0 Å². The molecule has 0 unspecified atom stereocenters. The second-order valence-corrected chi connectivity index (χ2v) is 15.8. The van der Waals surface area contributed by atoms with Gasteiger partial charge in [0.2, 0.25) is 5.91 Å². The fourth-order valence-electron chi connectivity index (χ4n) is 5.11. The van der Waals surface area contributed by atoms with Crippen LogP contribution in [-0.2, 0) is 24.3 Å². The number of ether oxygens (including phenoxy) is 2. The Balaban J connectivity index is 0.000000347. The van der Waals surface area contributed by atoms with Crippen LogP contribution < -0.4 is 9.62 Å². The van der Waals surface area contributed by atoms with E-state index in [-0.39, 0.29) is 51.1 Å². The zero-order valence-electron chi connectivity index (χ0n) is 29.0. The van der Waals surface area contributed by atoms with Crippen molar-refractivity contribution in [3.8, 4) is 12.1 Å². The molecule has 0 aromatic carbocycles. The highest BCUT2D eigenvalue weighted by Gasteiger charge is 2.31. The predicted molar refractivity (Wildman–Crippen MR) is 193 cm³/mol. The summed E-state index contributed by atoms with van der Waals surface area (Å²) in [5, 5.41) is 18.7. The zero-order valence-corrected chi connectivity index (χ0v) is 32.1. The van der Waals surface area contributed by atoms with Crippen LogP contribution in [-0.4, -0.2) is 62.5 Å². The smallest absolute Gasteiger partial charge is 0.340 e. The van der Waals surface area contributed by atoms with Gasteiger partial charge in [0.15, 0.2) is 0 Å². The largest absolute Gasteiger partial charge is 0.462 e. The van der Waals surface area contributed by atoms with Crippen molar-refractivity contribution in [1.82, 2.24) is 14.7 Å². The maximum absolute atomic E-state index is 12.6. The summed E-state index contributed by atoms with van der Waals surface area (Å²) in [4.78, 5) is 47.3. The SMILES string of the molecule is CCOC(=O)c1cc(C#N)c(Cl)nc1C(C)C.CCOC(=O)c1cc(C#N)c(N2CCC(C(=O)NS(=O)(=O)c3ccc(Cl)s3)CC2)nc1C(C)C. The molecule has 1 N–H and O–H groups in total. The van der Waals surface area contributed by atoms with Crippen LogP contribution in [0.3, 0.4) is 0 Å². The van der Waals surface area contributed by atoms with E-state index in [4.69, 9.17) is 37.9 Å². The molecule has 0 bridgehead atoms. The van der Waals surface area contributed by atoms with Gasteiger partial charge in [0.1, 0.15) is 27.3 Å². The van der Waals surface area contributed by atoms with Crippen molar-refractivity contribution in [2.24, 2.45) is 5.92 Å². The number of nitrogens with zero attached hydrogens (tertiary/aromatic N) is 5. The van der Waals surface area contributed by atoms with Crippen molar-refractivity contribution in [3.63, 3.8) is 0 Å². The number of hydrogen-bond acceptors (Lipinski definition) is 13. The van der Waals surface area contributed by atoms with Gasteiger partial charge >= 0.3 is 11.9 Å². The van der Waals surface area contributed by atoms with Crippen molar-refractivity contribution in [2.45, 2.75) is 70.4 Å². The van der Waals surface area contributed by atoms with Crippen LogP contribution >= 0.6 is 34.5 Å². The van der Waals surface area contributed by atoms with Gasteiger partial charge < -0.3 is 14.4 Å². The van der Waals surface area contributed by atoms with E-state index < -0.39 is 33.8 Å². The number of rotatable bonds is 10. The number of sulfonamides is 1. The molecule has 0 spiro atoms. The number of anilines is 1. The number of hydrogen-bond donors (Lipinski definition) is 1. The standard InChI is InChI=1S/C22H25ClN4O5S2.C12H13ClN2O2/c1-4-32-22(29)16-11-15(12-24)20(25-19(16)13(2)3)27-9-7-14(8-10-27)21(28)26-34(30,31)18-6-5-17(23)33-18;1-4-17-12(16)9-5-8(6-14)11(13)15-10(9)7(2)3/h5-6,11,13-14H,4,7-10H2,1-3H3,(H,26,28);5,7H,4H2,1-3H3. The van der Waals surface area contributed by atoms with E-state index in [1.54, 1.807) is 13.8 Å². The molecule has 272 valence electrons. The number of aromatic nitrogens is 2. The van der Waals surface area contributed by atoms with Gasteiger partial charge in [-0.1, -0.05) is 50.9 Å². The third-order valence-corrected chi connectivity index (χ3v) is 10.9. The zero-order chi connectivity index (χ0) is 38.0. The van der Waals surface area contributed by atoms with Crippen LogP contribution in [0.15, 0.2) is 28.5 Å². The first-order valence-corrected chi connectivity index (χ1v) is 19.1. The second kappa shape index (κ2) is 18.3. The molecule has 0 atom stereocenters. The maximum Gasteiger partial charge on any atom is 0.340 e. The Morgan fingerprint density at radius 3 is 1.88 bits per heavy atom. The number of esters is 2. The Labute approximate surface area is 311 Å². The topological polar surface area (TPSA) is 192 Å². The van der Waals surface area contributed by atoms with Crippen LogP contribution in [0, 0.1) is 28.6 Å². The van der Waals surface area contributed by atoms with Crippen LogP contribution in [0.4, 0.5) is 5.82 Å². The van der Waals surface area contributed by atoms with Crippen LogP contribution in [0.25, 0.3) is 0 Å². The van der Waals surface area contributed by atoms with Gasteiger partial charge in [0, 0.05) is 19.0 Å². The van der Waals surface area contributed by atoms with Crippen molar-refractivity contribution < 1.29 is 32.3 Å². The summed E-state index contributed by atoms with van der Waals surface area (Å²) in [6.45, 7) is 12.3. The lowest BCUT2D eigenvalue weighted by Crippen LogP contribution is -2.42. The molecule has 1 saturated heterocycles. The third-order valence-electron chi connectivity index (χ3n) is 7.58. The van der Waals surface area contributed by atoms with Gasteiger partial charge in [-0.2, -0.15) is 10.5 Å². The highest BCUT2D eigenvalue weighted by Crippen LogP contribution is 2.31. The number of amides is 1. The lowest BCUT2D eigenvalue weighted by Gasteiger charge is -2.33. The van der Waals surface area contributed by atoms with Crippen molar-refractivity contribution in [3.05, 3.63) is 67.4 Å². The Hall–Kier alpha value is -4.28. The van der Waals surface area contributed by atoms with Gasteiger partial charge in [0.05, 0.1) is 51.2 Å². The molecule has 0 aliphatic carbocycles. The van der Waals surface area contributed by atoms with E-state index in [1.165, 1.54) is 24.3 Å². The molecule has 17 heteroatoms. The highest BCUT2D eigenvalue weighted by molar-refractivity contribution is 7.92. The normalized spacial score (nSPS) is 13.1. The van der Waals surface area contributed by atoms with Gasteiger partial charge in [0.25, 0.3) is 10.0 Å². The summed E-state index contributed by atoms with van der Waals surface area (Å²) in [5.41, 5.74) is 2.08. The van der Waals surface area contributed by atoms with E-state index in [1.807, 2.05) is 38.7 Å². The average Bonchev–Trinajstić information content (AvgIpc) is 3.55. The molecule has 4 rings (SSSR count). The fourth-order valence-corrected chi connectivity index (χ4v) is 7.82. The molecule has 51 heavy (non-hydrogen) atoms. The van der Waals surface area contributed by atoms with E-state index in [9.17, 15) is 28.1 Å². The van der Waals surface area contributed by atoms with Crippen LogP contribution in [0.2, 0.25) is 9.49 Å². The fraction of sp³-hybridized carbons (Fsp3) is 0.441. The van der Waals surface area contributed by atoms with Gasteiger partial charge in [-0.15, -0.1) is 11.3 Å². The van der Waals surface area contributed by atoms with Crippen molar-refractivity contribution >= 4 is 68.2 Å². The van der Waals surface area contributed by atoms with Crippen LogP contribution in [0.1, 0.15) is 109 Å². The molecule has 13 nitrogen and oxygen atoms in total. The highest BCUT2D eigenvalue weighted by atomic mass is 35.5. The molecule has 3 aromatic rings. The molecule has 1 aliphatic heterocycles. The number of halogens is 2. The quantitative estimate of drug-likeness (QED) is 0.172. The number of nitrogens with one attached hydrogen (secondary N) is 1. The van der Waals surface area contributed by atoms with E-state index >= 15 is 0 Å². The molecule has 0 saturated carbocycles. The Morgan fingerprint density at radius 1 is 0.922 bits per heavy atom. The number of piperidine rings is 1. The Morgan fingerprint density at radius 2 is 1.43 bits per heavy atom. The number of nitriles is 2. The lowest BCUT2D eigenvalue weighted by atomic mass is 9.95. The summed E-state index contributed by atoms with van der Waals surface area (Å²) >= 11 is 12.5. The first-order chi connectivity index (χ1) is 24.1. The summed E-state index contributed by atoms with van der Waals surface area (Å²) in [6, 6.07) is 9.75. The minimum atomic E-state index is -3.98. The van der Waals surface area contributed by atoms with Gasteiger partial charge in [-0.3, -0.25) is 4.79 Å². The molecule has 3 aromatic heterocycles.